The van der Waals surface area contributed by atoms with Gasteiger partial charge in [0.05, 0.1) is 11.1 Å². The van der Waals surface area contributed by atoms with Crippen LogP contribution in [0.5, 0.6) is 0 Å². The van der Waals surface area contributed by atoms with Crippen molar-refractivity contribution in [1.29, 1.82) is 0 Å². The number of carboxylic acid groups (broad SMARTS) is 1. The van der Waals surface area contributed by atoms with E-state index < -0.39 is 11.9 Å². The molecule has 2 aliphatic rings. The first-order chi connectivity index (χ1) is 11.4. The first-order valence-corrected chi connectivity index (χ1v) is 7.86. The quantitative estimate of drug-likeness (QED) is 0.841. The number of fused-ring (bicyclic) bond motifs is 1. The topological polar surface area (TPSA) is 95.0 Å². The van der Waals surface area contributed by atoms with E-state index in [0.717, 1.165) is 4.90 Å². The molecule has 7 heteroatoms. The largest absolute Gasteiger partial charge is 0.481 e. The van der Waals surface area contributed by atoms with E-state index in [1.807, 2.05) is 0 Å². The van der Waals surface area contributed by atoms with Gasteiger partial charge in [-0.25, -0.2) is 0 Å². The van der Waals surface area contributed by atoms with Gasteiger partial charge in [0.2, 0.25) is 0 Å². The van der Waals surface area contributed by atoms with Crippen LogP contribution >= 0.6 is 0 Å². The second-order valence-corrected chi connectivity index (χ2v) is 6.26. The molecule has 0 radical (unpaired) electrons. The molecule has 2 aliphatic heterocycles. The molecule has 7 nitrogen and oxygen atoms in total. The maximum absolute atomic E-state index is 12.6. The van der Waals surface area contributed by atoms with Crippen LogP contribution in [0.3, 0.4) is 0 Å². The predicted octanol–water partition coefficient (Wildman–Crippen LogP) is 1.24. The van der Waals surface area contributed by atoms with E-state index in [1.54, 1.807) is 11.0 Å². The van der Waals surface area contributed by atoms with Crippen LogP contribution in [0.1, 0.15) is 50.3 Å². The summed E-state index contributed by atoms with van der Waals surface area (Å²) in [7, 11) is 1.42. The van der Waals surface area contributed by atoms with Crippen molar-refractivity contribution in [3.63, 3.8) is 0 Å². The molecule has 1 saturated heterocycles. The Balaban J connectivity index is 1.72. The minimum Gasteiger partial charge on any atom is -0.481 e. The first-order valence-electron chi connectivity index (χ1n) is 7.86. The number of benzene rings is 1. The van der Waals surface area contributed by atoms with Gasteiger partial charge in [0.25, 0.3) is 17.7 Å². The summed E-state index contributed by atoms with van der Waals surface area (Å²) in [4.78, 5) is 50.0. The minimum atomic E-state index is -0.814. The predicted molar refractivity (Wildman–Crippen MR) is 83.7 cm³/mol. The van der Waals surface area contributed by atoms with Gasteiger partial charge in [-0.1, -0.05) is 0 Å². The highest BCUT2D eigenvalue weighted by atomic mass is 16.4. The van der Waals surface area contributed by atoms with E-state index in [9.17, 15) is 19.2 Å². The third-order valence-electron chi connectivity index (χ3n) is 4.70. The van der Waals surface area contributed by atoms with Crippen molar-refractivity contribution < 1.29 is 24.3 Å². The molecule has 1 fully saturated rings. The van der Waals surface area contributed by atoms with Gasteiger partial charge < -0.3 is 10.0 Å². The van der Waals surface area contributed by atoms with E-state index in [2.05, 4.69) is 0 Å². The number of carboxylic acids is 1. The average Bonchev–Trinajstić information content (AvgIpc) is 2.78. The average molecular weight is 330 g/mol. The highest BCUT2D eigenvalue weighted by Crippen LogP contribution is 2.25. The third kappa shape index (κ3) is 2.77. The molecule has 0 bridgehead atoms. The van der Waals surface area contributed by atoms with Crippen LogP contribution in [-0.4, -0.2) is 58.7 Å². The molecule has 24 heavy (non-hydrogen) atoms. The molecule has 0 aliphatic carbocycles. The summed E-state index contributed by atoms with van der Waals surface area (Å²) in [5.74, 6) is -1.67. The van der Waals surface area contributed by atoms with Gasteiger partial charge in [0, 0.05) is 32.1 Å². The summed E-state index contributed by atoms with van der Waals surface area (Å²) in [6.07, 6.45) is 1.44. The van der Waals surface area contributed by atoms with E-state index in [0.29, 0.717) is 37.1 Å². The zero-order chi connectivity index (χ0) is 17.4. The third-order valence-corrected chi connectivity index (χ3v) is 4.70. The normalized spacial score (nSPS) is 18.0. The SMILES string of the molecule is CN1C(=O)c2ccc(C(=O)N3CCC(CC(=O)O)CC3)cc2C1=O. The molecular formula is C17H18N2O5. The Hall–Kier alpha value is -2.70. The van der Waals surface area contributed by atoms with Crippen molar-refractivity contribution in [2.24, 2.45) is 5.92 Å². The van der Waals surface area contributed by atoms with Crippen LogP contribution in [0.25, 0.3) is 0 Å². The summed E-state index contributed by atoms with van der Waals surface area (Å²) in [5.41, 5.74) is 0.954. The Bertz CT molecular complexity index is 734. The van der Waals surface area contributed by atoms with Crippen LogP contribution < -0.4 is 0 Å². The fourth-order valence-electron chi connectivity index (χ4n) is 3.26. The number of amides is 3. The monoisotopic (exact) mass is 330 g/mol. The number of rotatable bonds is 3. The molecule has 0 aromatic heterocycles. The molecule has 126 valence electrons. The Morgan fingerprint density at radius 2 is 1.75 bits per heavy atom. The lowest BCUT2D eigenvalue weighted by Crippen LogP contribution is -2.39. The van der Waals surface area contributed by atoms with Crippen LogP contribution in [-0.2, 0) is 4.79 Å². The van der Waals surface area contributed by atoms with Gasteiger partial charge in [-0.05, 0) is 37.0 Å². The first kappa shape index (κ1) is 16.2. The molecule has 1 aromatic rings. The van der Waals surface area contributed by atoms with Gasteiger partial charge in [0.1, 0.15) is 0 Å². The van der Waals surface area contributed by atoms with Crippen molar-refractivity contribution in [2.45, 2.75) is 19.3 Å². The number of carbonyl (C=O) groups excluding carboxylic acids is 3. The smallest absolute Gasteiger partial charge is 0.303 e. The number of hydrogen-bond acceptors (Lipinski definition) is 4. The minimum absolute atomic E-state index is 0.0967. The van der Waals surface area contributed by atoms with Crippen LogP contribution in [0, 0.1) is 5.92 Å². The maximum Gasteiger partial charge on any atom is 0.303 e. The van der Waals surface area contributed by atoms with Crippen molar-refractivity contribution in [1.82, 2.24) is 9.80 Å². The van der Waals surface area contributed by atoms with Crippen LogP contribution in [0.4, 0.5) is 0 Å². The van der Waals surface area contributed by atoms with E-state index in [-0.39, 0.29) is 29.7 Å². The fraction of sp³-hybridized carbons (Fsp3) is 0.412. The Morgan fingerprint density at radius 1 is 1.12 bits per heavy atom. The second kappa shape index (κ2) is 6.07. The van der Waals surface area contributed by atoms with Gasteiger partial charge in [-0.2, -0.15) is 0 Å². The van der Waals surface area contributed by atoms with Crippen molar-refractivity contribution in [3.8, 4) is 0 Å². The Labute approximate surface area is 138 Å². The Kier molecular flexibility index (Phi) is 4.09. The van der Waals surface area contributed by atoms with Crippen LogP contribution in [0.2, 0.25) is 0 Å². The molecule has 0 unspecified atom stereocenters. The summed E-state index contributed by atoms with van der Waals surface area (Å²) in [6, 6.07) is 4.56. The highest BCUT2D eigenvalue weighted by molar-refractivity contribution is 6.21. The van der Waals surface area contributed by atoms with E-state index in [1.165, 1.54) is 19.2 Å². The van der Waals surface area contributed by atoms with Gasteiger partial charge in [0.15, 0.2) is 0 Å². The molecule has 0 atom stereocenters. The lowest BCUT2D eigenvalue weighted by atomic mass is 9.93. The van der Waals surface area contributed by atoms with E-state index >= 15 is 0 Å². The Morgan fingerprint density at radius 3 is 2.38 bits per heavy atom. The van der Waals surface area contributed by atoms with Crippen molar-refractivity contribution in [3.05, 3.63) is 34.9 Å². The molecular weight excluding hydrogens is 312 g/mol. The lowest BCUT2D eigenvalue weighted by molar-refractivity contribution is -0.138. The number of imide groups is 1. The molecule has 0 saturated carbocycles. The van der Waals surface area contributed by atoms with Crippen molar-refractivity contribution in [2.75, 3.05) is 20.1 Å². The molecule has 2 heterocycles. The molecule has 3 rings (SSSR count). The van der Waals surface area contributed by atoms with Crippen molar-refractivity contribution >= 4 is 23.7 Å². The van der Waals surface area contributed by atoms with Crippen LogP contribution in [0.15, 0.2) is 18.2 Å². The summed E-state index contributed by atoms with van der Waals surface area (Å²) in [5, 5.41) is 8.83. The van der Waals surface area contributed by atoms with Gasteiger partial charge in [-0.3, -0.25) is 24.1 Å². The molecule has 1 aromatic carbocycles. The maximum atomic E-state index is 12.6. The van der Waals surface area contributed by atoms with Gasteiger partial charge >= 0.3 is 5.97 Å². The number of carbonyl (C=O) groups is 4. The fourth-order valence-corrected chi connectivity index (χ4v) is 3.26. The number of hydrogen-bond donors (Lipinski definition) is 1. The second-order valence-electron chi connectivity index (χ2n) is 6.26. The van der Waals surface area contributed by atoms with E-state index in [4.69, 9.17) is 5.11 Å². The molecule has 1 N–H and O–H groups in total. The zero-order valence-corrected chi connectivity index (χ0v) is 13.3. The number of piperidine rings is 1. The molecule has 3 amide bonds. The standard InChI is InChI=1S/C17H18N2O5/c1-18-16(23)12-3-2-11(9-13(12)17(18)24)15(22)19-6-4-10(5-7-19)8-14(20)21/h2-3,9-10H,4-8H2,1H3,(H,20,21). The molecule has 0 spiro atoms. The summed E-state index contributed by atoms with van der Waals surface area (Å²) in [6.45, 7) is 1.00. The number of nitrogens with zero attached hydrogens (tertiary/aromatic N) is 2. The van der Waals surface area contributed by atoms with Gasteiger partial charge in [-0.15, -0.1) is 0 Å². The lowest BCUT2D eigenvalue weighted by Gasteiger charge is -2.31. The zero-order valence-electron chi connectivity index (χ0n) is 13.3. The summed E-state index contributed by atoms with van der Waals surface area (Å²) < 4.78 is 0. The highest BCUT2D eigenvalue weighted by Gasteiger charge is 2.34. The number of aliphatic carboxylic acids is 1. The summed E-state index contributed by atoms with van der Waals surface area (Å²) >= 11 is 0. The number of likely N-dealkylation sites (tertiary alicyclic amines) is 1.